The molecule has 6 heteroatoms. The summed E-state index contributed by atoms with van der Waals surface area (Å²) in [5.41, 5.74) is 4.76. The number of carbonyl (C=O) groups is 1. The van der Waals surface area contributed by atoms with Crippen molar-refractivity contribution in [3.63, 3.8) is 0 Å². The molecule has 25 heavy (non-hydrogen) atoms. The van der Waals surface area contributed by atoms with Crippen LogP contribution in [0.2, 0.25) is 0 Å². The summed E-state index contributed by atoms with van der Waals surface area (Å²) in [6, 6.07) is 11.6. The number of hydrogen-bond donors (Lipinski definition) is 1. The normalized spacial score (nSPS) is 10.8. The molecular formula is C19H23N5O. The third-order valence-corrected chi connectivity index (χ3v) is 4.10. The van der Waals surface area contributed by atoms with Crippen molar-refractivity contribution < 1.29 is 4.79 Å². The third-order valence-electron chi connectivity index (χ3n) is 4.10. The molecule has 0 spiro atoms. The van der Waals surface area contributed by atoms with E-state index in [1.54, 1.807) is 0 Å². The summed E-state index contributed by atoms with van der Waals surface area (Å²) in [6.07, 6.45) is 1.91. The minimum Gasteiger partial charge on any atom is -0.346 e. The number of nitrogens with one attached hydrogen (secondary N) is 1. The Morgan fingerprint density at radius 2 is 1.88 bits per heavy atom. The van der Waals surface area contributed by atoms with Crippen LogP contribution in [0.25, 0.3) is 0 Å². The zero-order valence-corrected chi connectivity index (χ0v) is 14.9. The van der Waals surface area contributed by atoms with Crippen LogP contribution >= 0.6 is 0 Å². The van der Waals surface area contributed by atoms with E-state index in [9.17, 15) is 4.79 Å². The number of hydrogen-bond acceptors (Lipinski definition) is 3. The molecular weight excluding hydrogens is 314 g/mol. The fraction of sp³-hybridized carbons (Fsp3) is 0.316. The quantitative estimate of drug-likeness (QED) is 0.752. The van der Waals surface area contributed by atoms with Crippen molar-refractivity contribution in [2.45, 2.75) is 40.4 Å². The zero-order chi connectivity index (χ0) is 17.8. The molecule has 0 aliphatic rings. The highest BCUT2D eigenvalue weighted by molar-refractivity contribution is 5.94. The second kappa shape index (κ2) is 7.34. The first-order valence-corrected chi connectivity index (χ1v) is 8.45. The van der Waals surface area contributed by atoms with Crippen molar-refractivity contribution in [2.24, 2.45) is 0 Å². The van der Waals surface area contributed by atoms with E-state index in [1.807, 2.05) is 66.7 Å². The lowest BCUT2D eigenvalue weighted by atomic mass is 10.1. The smallest absolute Gasteiger partial charge is 0.251 e. The molecule has 3 aromatic rings. The summed E-state index contributed by atoms with van der Waals surface area (Å²) in [6.45, 7) is 8.02. The van der Waals surface area contributed by atoms with Crippen molar-refractivity contribution in [3.8, 4) is 0 Å². The van der Waals surface area contributed by atoms with Crippen molar-refractivity contribution >= 4 is 5.91 Å². The second-order valence-corrected chi connectivity index (χ2v) is 6.13. The highest BCUT2D eigenvalue weighted by Gasteiger charge is 2.07. The number of carbonyl (C=O) groups excluding carboxylic acids is 1. The van der Waals surface area contributed by atoms with E-state index in [0.29, 0.717) is 18.7 Å². The summed E-state index contributed by atoms with van der Waals surface area (Å²) >= 11 is 0. The molecule has 0 fully saturated rings. The SMILES string of the molecule is CCn1ccc(CNC(=O)c2ccc(Cn3nc(C)cc3C)cc2)n1. The van der Waals surface area contributed by atoms with E-state index in [0.717, 1.165) is 29.2 Å². The van der Waals surface area contributed by atoms with Gasteiger partial charge in [0.05, 0.1) is 24.5 Å². The van der Waals surface area contributed by atoms with Gasteiger partial charge in [-0.25, -0.2) is 0 Å². The van der Waals surface area contributed by atoms with Gasteiger partial charge in [0.25, 0.3) is 5.91 Å². The molecule has 0 saturated carbocycles. The van der Waals surface area contributed by atoms with Gasteiger partial charge in [0.1, 0.15) is 0 Å². The fourth-order valence-corrected chi connectivity index (χ4v) is 2.72. The molecule has 3 rings (SSSR count). The lowest BCUT2D eigenvalue weighted by Gasteiger charge is -2.07. The molecule has 130 valence electrons. The third kappa shape index (κ3) is 4.15. The Labute approximate surface area is 147 Å². The van der Waals surface area contributed by atoms with Crippen LogP contribution in [0.4, 0.5) is 0 Å². The van der Waals surface area contributed by atoms with Crippen LogP contribution in [0.1, 0.15) is 39.9 Å². The van der Waals surface area contributed by atoms with Gasteiger partial charge in [-0.2, -0.15) is 10.2 Å². The van der Waals surface area contributed by atoms with E-state index in [-0.39, 0.29) is 5.91 Å². The van der Waals surface area contributed by atoms with Gasteiger partial charge in [0.2, 0.25) is 0 Å². The maximum atomic E-state index is 12.3. The minimum absolute atomic E-state index is 0.0938. The summed E-state index contributed by atoms with van der Waals surface area (Å²) in [5.74, 6) is -0.0938. The van der Waals surface area contributed by atoms with Gasteiger partial charge in [-0.1, -0.05) is 12.1 Å². The summed E-state index contributed by atoms with van der Waals surface area (Å²) < 4.78 is 3.81. The van der Waals surface area contributed by atoms with Crippen LogP contribution in [0.5, 0.6) is 0 Å². The fourth-order valence-electron chi connectivity index (χ4n) is 2.72. The average Bonchev–Trinajstić information content (AvgIpc) is 3.19. The van der Waals surface area contributed by atoms with Crippen LogP contribution < -0.4 is 5.32 Å². The van der Waals surface area contributed by atoms with E-state index in [1.165, 1.54) is 0 Å². The molecule has 0 bridgehead atoms. The number of rotatable bonds is 6. The average molecular weight is 337 g/mol. The van der Waals surface area contributed by atoms with Crippen LogP contribution in [-0.4, -0.2) is 25.5 Å². The number of amides is 1. The van der Waals surface area contributed by atoms with Crippen LogP contribution in [0.15, 0.2) is 42.6 Å². The van der Waals surface area contributed by atoms with Crippen molar-refractivity contribution in [1.29, 1.82) is 0 Å². The molecule has 0 atom stereocenters. The lowest BCUT2D eigenvalue weighted by molar-refractivity contribution is 0.0950. The molecule has 1 amide bonds. The standard InChI is InChI=1S/C19H23N5O/c1-4-23-10-9-18(22-23)12-20-19(25)17-7-5-16(6-8-17)13-24-15(3)11-14(2)21-24/h5-11H,4,12-13H2,1-3H3,(H,20,25). The molecule has 0 unspecified atom stereocenters. The second-order valence-electron chi connectivity index (χ2n) is 6.13. The maximum Gasteiger partial charge on any atom is 0.251 e. The highest BCUT2D eigenvalue weighted by Crippen LogP contribution is 2.09. The Kier molecular flexibility index (Phi) is 4.97. The number of nitrogens with zero attached hydrogens (tertiary/aromatic N) is 4. The van der Waals surface area contributed by atoms with Gasteiger partial charge in [0.15, 0.2) is 0 Å². The van der Waals surface area contributed by atoms with Gasteiger partial charge >= 0.3 is 0 Å². The van der Waals surface area contributed by atoms with Crippen molar-refractivity contribution in [3.05, 3.63) is 70.8 Å². The number of aryl methyl sites for hydroxylation is 3. The molecule has 0 aliphatic carbocycles. The topological polar surface area (TPSA) is 64.7 Å². The molecule has 6 nitrogen and oxygen atoms in total. The predicted octanol–water partition coefficient (Wildman–Crippen LogP) is 2.69. The van der Waals surface area contributed by atoms with E-state index in [2.05, 4.69) is 21.6 Å². The first kappa shape index (κ1) is 17.0. The van der Waals surface area contributed by atoms with Crippen molar-refractivity contribution in [2.75, 3.05) is 0 Å². The monoisotopic (exact) mass is 337 g/mol. The minimum atomic E-state index is -0.0938. The van der Waals surface area contributed by atoms with Crippen LogP contribution in [-0.2, 0) is 19.6 Å². The van der Waals surface area contributed by atoms with Gasteiger partial charge < -0.3 is 5.32 Å². The Morgan fingerprint density at radius 1 is 1.12 bits per heavy atom. The summed E-state index contributed by atoms with van der Waals surface area (Å²) in [5, 5.41) is 11.7. The molecule has 1 N–H and O–H groups in total. The van der Waals surface area contributed by atoms with Gasteiger partial charge in [-0.15, -0.1) is 0 Å². The molecule has 1 aromatic carbocycles. The zero-order valence-electron chi connectivity index (χ0n) is 14.9. The molecule has 0 radical (unpaired) electrons. The lowest BCUT2D eigenvalue weighted by Crippen LogP contribution is -2.23. The molecule has 0 saturated heterocycles. The van der Waals surface area contributed by atoms with Crippen LogP contribution in [0.3, 0.4) is 0 Å². The highest BCUT2D eigenvalue weighted by atomic mass is 16.1. The van der Waals surface area contributed by atoms with E-state index in [4.69, 9.17) is 0 Å². The molecule has 2 heterocycles. The van der Waals surface area contributed by atoms with Crippen LogP contribution in [0, 0.1) is 13.8 Å². The first-order valence-electron chi connectivity index (χ1n) is 8.45. The Balaban J connectivity index is 1.59. The number of benzene rings is 1. The van der Waals surface area contributed by atoms with E-state index < -0.39 is 0 Å². The molecule has 0 aliphatic heterocycles. The Bertz CT molecular complexity index is 860. The Hall–Kier alpha value is -2.89. The number of aromatic nitrogens is 4. The van der Waals surface area contributed by atoms with Crippen molar-refractivity contribution in [1.82, 2.24) is 24.9 Å². The molecule has 2 aromatic heterocycles. The van der Waals surface area contributed by atoms with Gasteiger partial charge in [-0.3, -0.25) is 14.2 Å². The largest absolute Gasteiger partial charge is 0.346 e. The summed E-state index contributed by atoms with van der Waals surface area (Å²) in [7, 11) is 0. The van der Waals surface area contributed by atoms with Gasteiger partial charge in [-0.05, 0) is 50.6 Å². The summed E-state index contributed by atoms with van der Waals surface area (Å²) in [4.78, 5) is 12.3. The first-order chi connectivity index (χ1) is 12.0. The maximum absolute atomic E-state index is 12.3. The Morgan fingerprint density at radius 3 is 2.48 bits per heavy atom. The predicted molar refractivity (Wildman–Crippen MR) is 96.3 cm³/mol. The van der Waals surface area contributed by atoms with E-state index >= 15 is 0 Å². The van der Waals surface area contributed by atoms with Gasteiger partial charge in [0, 0.05) is 24.0 Å².